The molecule has 2 aliphatic rings. The number of rotatable bonds is 2. The van der Waals surface area contributed by atoms with E-state index in [1.807, 2.05) is 60.4 Å². The molecule has 0 aliphatic carbocycles. The standard InChI is InChI=1S/C21H22N2O2/c1-14-5-4-6-16(13-14)21(25)23-11-9-15(10-12-23)19-17-7-2-3-8-18(17)22-20(19)24/h2-8,13,15,19H,9-12H2,1H3,(H,22,24). The van der Waals surface area contributed by atoms with Gasteiger partial charge in [-0.2, -0.15) is 0 Å². The molecule has 0 saturated carbocycles. The van der Waals surface area contributed by atoms with E-state index >= 15 is 0 Å². The molecule has 1 N–H and O–H groups in total. The van der Waals surface area contributed by atoms with E-state index in [9.17, 15) is 9.59 Å². The Bertz CT molecular complexity index is 822. The summed E-state index contributed by atoms with van der Waals surface area (Å²) in [6.07, 6.45) is 1.73. The van der Waals surface area contributed by atoms with E-state index < -0.39 is 0 Å². The lowest BCUT2D eigenvalue weighted by Gasteiger charge is -2.34. The number of benzene rings is 2. The Morgan fingerprint density at radius 1 is 1.08 bits per heavy atom. The summed E-state index contributed by atoms with van der Waals surface area (Å²) in [5.41, 5.74) is 3.90. The van der Waals surface area contributed by atoms with Gasteiger partial charge in [0.15, 0.2) is 0 Å². The summed E-state index contributed by atoms with van der Waals surface area (Å²) in [5, 5.41) is 2.99. The minimum absolute atomic E-state index is 0.0765. The molecular formula is C21H22N2O2. The number of anilines is 1. The first-order chi connectivity index (χ1) is 12.1. The highest BCUT2D eigenvalue weighted by Crippen LogP contribution is 2.41. The van der Waals surface area contributed by atoms with Crippen LogP contribution in [0.1, 0.15) is 40.2 Å². The molecule has 25 heavy (non-hydrogen) atoms. The van der Waals surface area contributed by atoms with Gasteiger partial charge in [-0.05, 0) is 49.4 Å². The Balaban J connectivity index is 1.45. The molecular weight excluding hydrogens is 312 g/mol. The molecule has 0 radical (unpaired) electrons. The number of carbonyl (C=O) groups is 2. The number of nitrogens with one attached hydrogen (secondary N) is 1. The number of amides is 2. The van der Waals surface area contributed by atoms with Crippen LogP contribution in [0.15, 0.2) is 48.5 Å². The smallest absolute Gasteiger partial charge is 0.253 e. The molecule has 4 rings (SSSR count). The molecule has 2 aromatic carbocycles. The molecule has 4 nitrogen and oxygen atoms in total. The van der Waals surface area contributed by atoms with Gasteiger partial charge in [-0.15, -0.1) is 0 Å². The van der Waals surface area contributed by atoms with E-state index in [-0.39, 0.29) is 17.7 Å². The van der Waals surface area contributed by atoms with Crippen molar-refractivity contribution in [2.24, 2.45) is 5.92 Å². The number of piperidine rings is 1. The molecule has 0 aromatic heterocycles. The minimum Gasteiger partial charge on any atom is -0.339 e. The number of aryl methyl sites for hydroxylation is 1. The normalized spacial score (nSPS) is 20.3. The predicted octanol–water partition coefficient (Wildman–Crippen LogP) is 3.58. The SMILES string of the molecule is Cc1cccc(C(=O)N2CCC(C3C(=O)Nc4ccccc43)CC2)c1. The van der Waals surface area contributed by atoms with E-state index in [0.717, 1.165) is 35.2 Å². The maximum atomic E-state index is 12.7. The van der Waals surface area contributed by atoms with Gasteiger partial charge in [0.1, 0.15) is 0 Å². The number of hydrogen-bond acceptors (Lipinski definition) is 2. The molecule has 0 bridgehead atoms. The van der Waals surface area contributed by atoms with Gasteiger partial charge in [-0.25, -0.2) is 0 Å². The van der Waals surface area contributed by atoms with Crippen molar-refractivity contribution in [1.29, 1.82) is 0 Å². The average molecular weight is 334 g/mol. The third-order valence-electron chi connectivity index (χ3n) is 5.40. The van der Waals surface area contributed by atoms with Crippen LogP contribution in [0.5, 0.6) is 0 Å². The van der Waals surface area contributed by atoms with E-state index in [1.165, 1.54) is 0 Å². The topological polar surface area (TPSA) is 49.4 Å². The third-order valence-corrected chi connectivity index (χ3v) is 5.40. The summed E-state index contributed by atoms with van der Waals surface area (Å²) in [4.78, 5) is 27.0. The van der Waals surface area contributed by atoms with Crippen LogP contribution in [0.2, 0.25) is 0 Å². The lowest BCUT2D eigenvalue weighted by atomic mass is 9.80. The zero-order chi connectivity index (χ0) is 17.4. The van der Waals surface area contributed by atoms with Gasteiger partial charge in [-0.3, -0.25) is 9.59 Å². The second-order valence-electron chi connectivity index (χ2n) is 7.05. The van der Waals surface area contributed by atoms with Crippen LogP contribution in [-0.2, 0) is 4.79 Å². The van der Waals surface area contributed by atoms with Crippen LogP contribution in [0.3, 0.4) is 0 Å². The molecule has 4 heteroatoms. The fraction of sp³-hybridized carbons (Fsp3) is 0.333. The maximum Gasteiger partial charge on any atom is 0.253 e. The number of carbonyl (C=O) groups excluding carboxylic acids is 2. The molecule has 2 aliphatic heterocycles. The number of fused-ring (bicyclic) bond motifs is 1. The van der Waals surface area contributed by atoms with Crippen LogP contribution in [-0.4, -0.2) is 29.8 Å². The molecule has 1 fully saturated rings. The Labute approximate surface area is 147 Å². The number of likely N-dealkylation sites (tertiary alicyclic amines) is 1. The quantitative estimate of drug-likeness (QED) is 0.912. The van der Waals surface area contributed by atoms with Gasteiger partial charge in [-0.1, -0.05) is 35.9 Å². The zero-order valence-corrected chi connectivity index (χ0v) is 14.4. The van der Waals surface area contributed by atoms with E-state index in [4.69, 9.17) is 0 Å². The van der Waals surface area contributed by atoms with Gasteiger partial charge in [0.25, 0.3) is 5.91 Å². The molecule has 1 atom stereocenters. The van der Waals surface area contributed by atoms with Crippen molar-refractivity contribution >= 4 is 17.5 Å². The number of para-hydroxylation sites is 1. The molecule has 2 amide bonds. The molecule has 1 saturated heterocycles. The molecule has 2 aromatic rings. The van der Waals surface area contributed by atoms with Crippen LogP contribution in [0.4, 0.5) is 5.69 Å². The Hall–Kier alpha value is -2.62. The molecule has 0 spiro atoms. The summed E-state index contributed by atoms with van der Waals surface area (Å²) >= 11 is 0. The molecule has 2 heterocycles. The average Bonchev–Trinajstić information content (AvgIpc) is 2.97. The van der Waals surface area contributed by atoms with Gasteiger partial charge in [0, 0.05) is 24.3 Å². The van der Waals surface area contributed by atoms with Gasteiger partial charge >= 0.3 is 0 Å². The summed E-state index contributed by atoms with van der Waals surface area (Å²) in [6, 6.07) is 15.7. The zero-order valence-electron chi connectivity index (χ0n) is 14.4. The highest BCUT2D eigenvalue weighted by Gasteiger charge is 2.38. The Morgan fingerprint density at radius 3 is 2.60 bits per heavy atom. The molecule has 128 valence electrons. The first-order valence-electron chi connectivity index (χ1n) is 8.89. The lowest BCUT2D eigenvalue weighted by molar-refractivity contribution is -0.118. The van der Waals surface area contributed by atoms with Crippen molar-refractivity contribution in [2.45, 2.75) is 25.7 Å². The van der Waals surface area contributed by atoms with Crippen LogP contribution in [0.25, 0.3) is 0 Å². The first kappa shape index (κ1) is 15.9. The number of nitrogens with zero attached hydrogens (tertiary/aromatic N) is 1. The van der Waals surface area contributed by atoms with Crippen LogP contribution < -0.4 is 5.32 Å². The van der Waals surface area contributed by atoms with Crippen LogP contribution >= 0.6 is 0 Å². The predicted molar refractivity (Wildman–Crippen MR) is 97.6 cm³/mol. The summed E-state index contributed by atoms with van der Waals surface area (Å²) in [7, 11) is 0. The number of hydrogen-bond donors (Lipinski definition) is 1. The van der Waals surface area contributed by atoms with Gasteiger partial charge in [0.05, 0.1) is 5.92 Å². The minimum atomic E-state index is -0.0765. The van der Waals surface area contributed by atoms with Crippen molar-refractivity contribution in [2.75, 3.05) is 18.4 Å². The summed E-state index contributed by atoms with van der Waals surface area (Å²) in [5.74, 6) is 0.417. The first-order valence-corrected chi connectivity index (χ1v) is 8.89. The van der Waals surface area contributed by atoms with Crippen molar-refractivity contribution in [1.82, 2.24) is 4.90 Å². The Kier molecular flexibility index (Phi) is 4.04. The second-order valence-corrected chi connectivity index (χ2v) is 7.05. The van der Waals surface area contributed by atoms with E-state index in [1.54, 1.807) is 0 Å². The summed E-state index contributed by atoms with van der Waals surface area (Å²) in [6.45, 7) is 3.42. The van der Waals surface area contributed by atoms with Gasteiger partial charge in [0.2, 0.25) is 5.91 Å². The lowest BCUT2D eigenvalue weighted by Crippen LogP contribution is -2.40. The highest BCUT2D eigenvalue weighted by molar-refractivity contribution is 6.03. The maximum absolute atomic E-state index is 12.7. The van der Waals surface area contributed by atoms with E-state index in [2.05, 4.69) is 5.32 Å². The third kappa shape index (κ3) is 2.93. The molecule has 1 unspecified atom stereocenters. The fourth-order valence-electron chi connectivity index (χ4n) is 4.10. The van der Waals surface area contributed by atoms with Crippen molar-refractivity contribution < 1.29 is 9.59 Å². The largest absolute Gasteiger partial charge is 0.339 e. The fourth-order valence-corrected chi connectivity index (χ4v) is 4.10. The Morgan fingerprint density at radius 2 is 1.84 bits per heavy atom. The van der Waals surface area contributed by atoms with Crippen molar-refractivity contribution in [3.05, 3.63) is 65.2 Å². The highest BCUT2D eigenvalue weighted by atomic mass is 16.2. The van der Waals surface area contributed by atoms with Gasteiger partial charge < -0.3 is 10.2 Å². The second kappa shape index (κ2) is 6.36. The van der Waals surface area contributed by atoms with Crippen LogP contribution in [0, 0.1) is 12.8 Å². The van der Waals surface area contributed by atoms with Crippen molar-refractivity contribution in [3.8, 4) is 0 Å². The monoisotopic (exact) mass is 334 g/mol. The van der Waals surface area contributed by atoms with Crippen molar-refractivity contribution in [3.63, 3.8) is 0 Å². The van der Waals surface area contributed by atoms with E-state index in [0.29, 0.717) is 19.0 Å². The summed E-state index contributed by atoms with van der Waals surface area (Å²) < 4.78 is 0.